The van der Waals surface area contributed by atoms with Gasteiger partial charge < -0.3 is 15.6 Å². The molecule has 5 atom stereocenters. The van der Waals surface area contributed by atoms with Crippen LogP contribution < -0.4 is 5.32 Å². The summed E-state index contributed by atoms with van der Waals surface area (Å²) in [6.07, 6.45) is 7.87. The number of thiazole rings is 1. The number of benzene rings is 1. The molecule has 3 unspecified atom stereocenters. The molecule has 1 aromatic carbocycles. The minimum atomic E-state index is -0.120. The van der Waals surface area contributed by atoms with Gasteiger partial charge in [-0.15, -0.1) is 11.3 Å². The van der Waals surface area contributed by atoms with E-state index >= 15 is 0 Å². The van der Waals surface area contributed by atoms with Gasteiger partial charge in [-0.3, -0.25) is 4.79 Å². The summed E-state index contributed by atoms with van der Waals surface area (Å²) >= 11 is 1.49. The molecule has 7 heteroatoms. The standard InChI is InChI=1S/C29H39N3O3S/c1-16-15-30-27(36-16)31-25(34)9-7-18-13-24(32-35)29(5)11-10-19-20(26(18)29)8-6-17-12-23(33)22(14-21(17)19)28(2,3)4/h12,14-15,18-20,26,33,35H,6-11,13H2,1-5H3,(H,30,31,34)/t18-,19?,20?,26?,29-/m1/s1. The Kier molecular flexibility index (Phi) is 6.42. The third kappa shape index (κ3) is 4.33. The Hall–Kier alpha value is -2.41. The number of carbonyl (C=O) groups excluding carboxylic acids is 1. The quantitative estimate of drug-likeness (QED) is 0.312. The monoisotopic (exact) mass is 509 g/mol. The molecule has 5 rings (SSSR count). The molecule has 0 bridgehead atoms. The largest absolute Gasteiger partial charge is 0.508 e. The third-order valence-electron chi connectivity index (χ3n) is 9.25. The second kappa shape index (κ2) is 9.16. The molecule has 0 spiro atoms. The molecule has 194 valence electrons. The number of aryl methyl sites for hydroxylation is 2. The van der Waals surface area contributed by atoms with Crippen LogP contribution in [0.5, 0.6) is 5.75 Å². The molecule has 6 nitrogen and oxygen atoms in total. The van der Waals surface area contributed by atoms with Crippen LogP contribution in [0, 0.1) is 30.1 Å². The molecule has 36 heavy (non-hydrogen) atoms. The zero-order valence-corrected chi connectivity index (χ0v) is 22.9. The fourth-order valence-corrected chi connectivity index (χ4v) is 8.30. The minimum Gasteiger partial charge on any atom is -0.508 e. The van der Waals surface area contributed by atoms with E-state index in [4.69, 9.17) is 0 Å². The predicted octanol–water partition coefficient (Wildman–Crippen LogP) is 6.79. The molecule has 1 amide bonds. The average Bonchev–Trinajstić information content (AvgIpc) is 3.35. The fraction of sp³-hybridized carbons (Fsp3) is 0.621. The van der Waals surface area contributed by atoms with Crippen LogP contribution in [0.4, 0.5) is 5.13 Å². The first-order valence-corrected chi connectivity index (χ1v) is 14.1. The number of nitrogens with one attached hydrogen (secondary N) is 1. The Balaban J connectivity index is 1.40. The number of amides is 1. The highest BCUT2D eigenvalue weighted by Crippen LogP contribution is 2.62. The van der Waals surface area contributed by atoms with E-state index in [2.05, 4.69) is 49.2 Å². The summed E-state index contributed by atoms with van der Waals surface area (Å²) in [5.74, 6) is 2.06. The van der Waals surface area contributed by atoms with Crippen LogP contribution in [0.3, 0.4) is 0 Å². The topological polar surface area (TPSA) is 94.8 Å². The van der Waals surface area contributed by atoms with Crippen molar-refractivity contribution >= 4 is 28.1 Å². The number of hydrogen-bond acceptors (Lipinski definition) is 6. The molecule has 3 aliphatic carbocycles. The number of phenols is 1. The van der Waals surface area contributed by atoms with Crippen LogP contribution in [0.1, 0.15) is 93.7 Å². The molecular formula is C29H39N3O3S. The number of anilines is 1. The predicted molar refractivity (Wildman–Crippen MR) is 144 cm³/mol. The summed E-state index contributed by atoms with van der Waals surface area (Å²) in [4.78, 5) is 18.1. The first-order chi connectivity index (χ1) is 17.0. The highest BCUT2D eigenvalue weighted by Gasteiger charge is 2.57. The van der Waals surface area contributed by atoms with Gasteiger partial charge in [-0.2, -0.15) is 0 Å². The van der Waals surface area contributed by atoms with Crippen molar-refractivity contribution < 1.29 is 15.1 Å². The highest BCUT2D eigenvalue weighted by molar-refractivity contribution is 7.15. The first-order valence-electron chi connectivity index (χ1n) is 13.3. The van der Waals surface area contributed by atoms with Gasteiger partial charge in [0.1, 0.15) is 5.75 Å². The van der Waals surface area contributed by atoms with Crippen molar-refractivity contribution in [2.45, 2.75) is 90.9 Å². The lowest BCUT2D eigenvalue weighted by atomic mass is 9.53. The molecule has 1 aromatic heterocycles. The molecule has 0 aliphatic heterocycles. The zero-order chi connectivity index (χ0) is 25.8. The van der Waals surface area contributed by atoms with E-state index in [1.807, 2.05) is 13.0 Å². The minimum absolute atomic E-state index is 0.00656. The summed E-state index contributed by atoms with van der Waals surface area (Å²) in [6, 6.07) is 4.29. The summed E-state index contributed by atoms with van der Waals surface area (Å²) < 4.78 is 0. The van der Waals surface area contributed by atoms with Crippen LogP contribution in [-0.4, -0.2) is 26.9 Å². The SMILES string of the molecule is Cc1cnc(NC(=O)CC[C@@H]2CC(=NO)[C@@]3(C)CCC4c5cc(C(C)(C)C)c(O)cc5CCC4C23)s1. The molecule has 3 N–H and O–H groups in total. The Labute approximate surface area is 218 Å². The van der Waals surface area contributed by atoms with Gasteiger partial charge in [0.15, 0.2) is 5.13 Å². The van der Waals surface area contributed by atoms with Gasteiger partial charge in [0, 0.05) is 22.9 Å². The Morgan fingerprint density at radius 2 is 2.08 bits per heavy atom. The van der Waals surface area contributed by atoms with E-state index in [9.17, 15) is 15.1 Å². The van der Waals surface area contributed by atoms with Crippen molar-refractivity contribution in [2.24, 2.45) is 28.3 Å². The van der Waals surface area contributed by atoms with Gasteiger partial charge in [0.05, 0.1) is 5.71 Å². The molecule has 3 aliphatic rings. The van der Waals surface area contributed by atoms with Crippen molar-refractivity contribution in [3.8, 4) is 5.75 Å². The lowest BCUT2D eigenvalue weighted by Gasteiger charge is -2.50. The Morgan fingerprint density at radius 3 is 2.75 bits per heavy atom. The molecule has 0 radical (unpaired) electrons. The number of phenolic OH excluding ortho intramolecular Hbond substituents is 1. The number of nitrogens with zero attached hydrogens (tertiary/aromatic N) is 2. The van der Waals surface area contributed by atoms with Crippen molar-refractivity contribution in [3.05, 3.63) is 39.9 Å². The van der Waals surface area contributed by atoms with E-state index in [1.165, 1.54) is 22.5 Å². The van der Waals surface area contributed by atoms with Gasteiger partial charge in [-0.25, -0.2) is 4.98 Å². The van der Waals surface area contributed by atoms with Crippen LogP contribution >= 0.6 is 11.3 Å². The van der Waals surface area contributed by atoms with Crippen LogP contribution in [-0.2, 0) is 16.6 Å². The normalized spacial score (nSPS) is 30.5. The second-order valence-corrected chi connectivity index (χ2v) is 13.7. The summed E-state index contributed by atoms with van der Waals surface area (Å²) in [6.45, 7) is 10.7. The summed E-state index contributed by atoms with van der Waals surface area (Å²) in [7, 11) is 0. The zero-order valence-electron chi connectivity index (χ0n) is 22.1. The number of hydrogen-bond donors (Lipinski definition) is 3. The number of aromatic hydroxyl groups is 1. The molecule has 0 saturated heterocycles. The van der Waals surface area contributed by atoms with E-state index in [-0.39, 0.29) is 16.7 Å². The summed E-state index contributed by atoms with van der Waals surface area (Å²) in [5.41, 5.74) is 4.38. The Bertz CT molecular complexity index is 1200. The number of oxime groups is 1. The first kappa shape index (κ1) is 25.2. The van der Waals surface area contributed by atoms with E-state index in [0.717, 1.165) is 54.7 Å². The maximum Gasteiger partial charge on any atom is 0.226 e. The van der Waals surface area contributed by atoms with Crippen LogP contribution in [0.2, 0.25) is 0 Å². The molecule has 2 aromatic rings. The van der Waals surface area contributed by atoms with Crippen LogP contribution in [0.15, 0.2) is 23.5 Å². The van der Waals surface area contributed by atoms with Crippen molar-refractivity contribution in [1.29, 1.82) is 0 Å². The van der Waals surface area contributed by atoms with Gasteiger partial charge in [-0.05, 0) is 97.3 Å². The molecular weight excluding hydrogens is 470 g/mol. The maximum atomic E-state index is 12.7. The van der Waals surface area contributed by atoms with Crippen molar-refractivity contribution in [2.75, 3.05) is 5.32 Å². The average molecular weight is 510 g/mol. The Morgan fingerprint density at radius 1 is 1.31 bits per heavy atom. The molecule has 2 saturated carbocycles. The van der Waals surface area contributed by atoms with Crippen LogP contribution in [0.25, 0.3) is 0 Å². The number of rotatable bonds is 4. The third-order valence-corrected chi connectivity index (χ3v) is 10.1. The van der Waals surface area contributed by atoms with Gasteiger partial charge in [-0.1, -0.05) is 38.9 Å². The smallest absolute Gasteiger partial charge is 0.226 e. The van der Waals surface area contributed by atoms with Crippen molar-refractivity contribution in [3.63, 3.8) is 0 Å². The second-order valence-electron chi connectivity index (χ2n) is 12.5. The van der Waals surface area contributed by atoms with E-state index < -0.39 is 0 Å². The van der Waals surface area contributed by atoms with Gasteiger partial charge in [0.2, 0.25) is 5.91 Å². The van der Waals surface area contributed by atoms with Crippen molar-refractivity contribution in [1.82, 2.24) is 4.98 Å². The number of fused-ring (bicyclic) bond motifs is 5. The number of carbonyl (C=O) groups is 1. The van der Waals surface area contributed by atoms with Gasteiger partial charge in [0.25, 0.3) is 0 Å². The highest BCUT2D eigenvalue weighted by atomic mass is 32.1. The van der Waals surface area contributed by atoms with E-state index in [1.54, 1.807) is 6.20 Å². The molecule has 1 heterocycles. The fourth-order valence-electron chi connectivity index (χ4n) is 7.62. The maximum absolute atomic E-state index is 12.7. The van der Waals surface area contributed by atoms with Gasteiger partial charge >= 0.3 is 0 Å². The molecule has 2 fully saturated rings. The van der Waals surface area contributed by atoms with E-state index in [0.29, 0.717) is 41.0 Å². The summed E-state index contributed by atoms with van der Waals surface area (Å²) in [5, 5.41) is 28.1. The number of aromatic nitrogens is 1. The lowest BCUT2D eigenvalue weighted by molar-refractivity contribution is -0.116. The lowest BCUT2D eigenvalue weighted by Crippen LogP contribution is -2.44.